The number of anilines is 1. The number of benzene rings is 1. The number of β-amino-alcohol motifs (C(OH)–C–C–N with tert-alkyl or cyclic N) is 1. The summed E-state index contributed by atoms with van der Waals surface area (Å²) in [6.07, 6.45) is -4.88. The van der Waals surface area contributed by atoms with Crippen molar-refractivity contribution in [1.29, 1.82) is 5.26 Å². The lowest BCUT2D eigenvalue weighted by atomic mass is 10.1. The van der Waals surface area contributed by atoms with Crippen molar-refractivity contribution >= 4 is 5.69 Å². The summed E-state index contributed by atoms with van der Waals surface area (Å²) in [5, 5.41) is 18.7. The number of rotatable bonds is 3. The molecule has 1 saturated heterocycles. The van der Waals surface area contributed by atoms with Gasteiger partial charge in [-0.1, -0.05) is 0 Å². The molecule has 0 bridgehead atoms. The van der Waals surface area contributed by atoms with E-state index in [0.717, 1.165) is 12.1 Å². The molecule has 1 fully saturated rings. The summed E-state index contributed by atoms with van der Waals surface area (Å²) in [5.74, 6) is 0. The number of nitriles is 1. The molecule has 1 aliphatic heterocycles. The molecule has 1 aromatic carbocycles. The average Bonchev–Trinajstić information content (AvgIpc) is 2.47. The summed E-state index contributed by atoms with van der Waals surface area (Å²) in [6.45, 7) is 6.20. The van der Waals surface area contributed by atoms with Crippen molar-refractivity contribution in [2.75, 3.05) is 31.1 Å². The average molecular weight is 327 g/mol. The van der Waals surface area contributed by atoms with Crippen LogP contribution in [0.2, 0.25) is 0 Å². The molecule has 2 rings (SSSR count). The minimum absolute atomic E-state index is 0.0380. The SMILES string of the molecule is CC(O)CN1CCN(c2ccc(C(F)(F)F)cc2C#N)CC1C. The molecule has 0 radical (unpaired) electrons. The molecule has 1 N–H and O–H groups in total. The van der Waals surface area contributed by atoms with E-state index in [0.29, 0.717) is 31.9 Å². The van der Waals surface area contributed by atoms with Gasteiger partial charge in [-0.15, -0.1) is 0 Å². The zero-order chi connectivity index (χ0) is 17.2. The number of nitrogens with zero attached hydrogens (tertiary/aromatic N) is 3. The van der Waals surface area contributed by atoms with Gasteiger partial charge in [0.25, 0.3) is 0 Å². The van der Waals surface area contributed by atoms with Gasteiger partial charge in [0.1, 0.15) is 6.07 Å². The van der Waals surface area contributed by atoms with Crippen molar-refractivity contribution < 1.29 is 18.3 Å². The number of hydrogen-bond acceptors (Lipinski definition) is 4. The van der Waals surface area contributed by atoms with E-state index in [4.69, 9.17) is 0 Å². The van der Waals surface area contributed by atoms with Crippen molar-refractivity contribution in [3.05, 3.63) is 29.3 Å². The third-order valence-corrected chi connectivity index (χ3v) is 4.05. The van der Waals surface area contributed by atoms with Crippen LogP contribution in [0.4, 0.5) is 18.9 Å². The number of hydrogen-bond donors (Lipinski definition) is 1. The first kappa shape index (κ1) is 17.6. The quantitative estimate of drug-likeness (QED) is 0.927. The molecule has 1 heterocycles. The van der Waals surface area contributed by atoms with Crippen LogP contribution in [0.25, 0.3) is 0 Å². The van der Waals surface area contributed by atoms with Gasteiger partial charge >= 0.3 is 6.18 Å². The highest BCUT2D eigenvalue weighted by Gasteiger charge is 2.32. The normalized spacial score (nSPS) is 21.1. The smallest absolute Gasteiger partial charge is 0.392 e. The van der Waals surface area contributed by atoms with Gasteiger partial charge in [0.05, 0.1) is 22.9 Å². The van der Waals surface area contributed by atoms with Crippen LogP contribution >= 0.6 is 0 Å². The van der Waals surface area contributed by atoms with Crippen LogP contribution < -0.4 is 4.90 Å². The van der Waals surface area contributed by atoms with Crippen LogP contribution in [-0.2, 0) is 6.18 Å². The Morgan fingerprint density at radius 1 is 1.39 bits per heavy atom. The molecule has 1 aromatic rings. The Kier molecular flexibility index (Phi) is 5.17. The van der Waals surface area contributed by atoms with Gasteiger partial charge in [-0.05, 0) is 32.0 Å². The standard InChI is InChI=1S/C16H20F3N3O/c1-11-9-22(6-5-21(11)10-12(2)23)15-4-3-14(16(17,18)19)7-13(15)8-20/h3-4,7,11-12,23H,5-6,9-10H2,1-2H3. The van der Waals surface area contributed by atoms with Crippen LogP contribution in [0.5, 0.6) is 0 Å². The summed E-state index contributed by atoms with van der Waals surface area (Å²) in [7, 11) is 0. The number of aliphatic hydroxyl groups is 1. The molecule has 23 heavy (non-hydrogen) atoms. The van der Waals surface area contributed by atoms with Gasteiger partial charge in [-0.2, -0.15) is 18.4 Å². The Hall–Kier alpha value is -1.78. The minimum atomic E-state index is -4.45. The molecule has 7 heteroatoms. The first-order valence-electron chi connectivity index (χ1n) is 7.50. The maximum absolute atomic E-state index is 12.8. The number of aliphatic hydroxyl groups excluding tert-OH is 1. The summed E-state index contributed by atoms with van der Waals surface area (Å²) < 4.78 is 38.3. The van der Waals surface area contributed by atoms with Crippen molar-refractivity contribution in [2.24, 2.45) is 0 Å². The Bertz CT molecular complexity index is 595. The van der Waals surface area contributed by atoms with Crippen LogP contribution in [-0.4, -0.2) is 48.3 Å². The predicted molar refractivity (Wildman–Crippen MR) is 81.1 cm³/mol. The number of halogens is 3. The highest BCUT2D eigenvalue weighted by Crippen LogP contribution is 2.33. The summed E-state index contributed by atoms with van der Waals surface area (Å²) in [6, 6.07) is 5.31. The predicted octanol–water partition coefficient (Wildman–Crippen LogP) is 2.47. The maximum Gasteiger partial charge on any atom is 0.416 e. The summed E-state index contributed by atoms with van der Waals surface area (Å²) >= 11 is 0. The highest BCUT2D eigenvalue weighted by molar-refractivity contribution is 5.61. The van der Waals surface area contributed by atoms with Gasteiger partial charge in [-0.3, -0.25) is 4.90 Å². The molecule has 0 saturated carbocycles. The molecule has 0 aromatic heterocycles. The van der Waals surface area contributed by atoms with Crippen LogP contribution in [0.15, 0.2) is 18.2 Å². The van der Waals surface area contributed by atoms with Crippen molar-refractivity contribution in [3.63, 3.8) is 0 Å². The molecule has 0 aliphatic carbocycles. The zero-order valence-electron chi connectivity index (χ0n) is 13.1. The van der Waals surface area contributed by atoms with Gasteiger partial charge in [0.2, 0.25) is 0 Å². The molecule has 126 valence electrons. The molecule has 2 unspecified atom stereocenters. The van der Waals surface area contributed by atoms with E-state index in [-0.39, 0.29) is 11.6 Å². The molecule has 1 aliphatic rings. The lowest BCUT2D eigenvalue weighted by Gasteiger charge is -2.41. The Labute approximate surface area is 133 Å². The monoisotopic (exact) mass is 327 g/mol. The van der Waals surface area contributed by atoms with Gasteiger partial charge in [0.15, 0.2) is 0 Å². The van der Waals surface area contributed by atoms with Crippen molar-refractivity contribution in [3.8, 4) is 6.07 Å². The number of alkyl halides is 3. The Morgan fingerprint density at radius 3 is 2.61 bits per heavy atom. The summed E-state index contributed by atoms with van der Waals surface area (Å²) in [4.78, 5) is 4.07. The van der Waals surface area contributed by atoms with E-state index in [1.54, 1.807) is 6.92 Å². The second-order valence-electron chi connectivity index (χ2n) is 5.98. The summed E-state index contributed by atoms with van der Waals surface area (Å²) in [5.41, 5.74) is -0.237. The lowest BCUT2D eigenvalue weighted by molar-refractivity contribution is -0.137. The van der Waals surface area contributed by atoms with Gasteiger partial charge in [-0.25, -0.2) is 0 Å². The van der Waals surface area contributed by atoms with Crippen molar-refractivity contribution in [1.82, 2.24) is 4.90 Å². The van der Waals surface area contributed by atoms with E-state index in [2.05, 4.69) is 4.90 Å². The molecule has 4 nitrogen and oxygen atoms in total. The van der Waals surface area contributed by atoms with E-state index >= 15 is 0 Å². The van der Waals surface area contributed by atoms with Gasteiger partial charge < -0.3 is 10.0 Å². The van der Waals surface area contributed by atoms with Gasteiger partial charge in [0, 0.05) is 32.2 Å². The van der Waals surface area contributed by atoms with Crippen LogP contribution in [0.1, 0.15) is 25.0 Å². The van der Waals surface area contributed by atoms with E-state index in [1.807, 2.05) is 17.9 Å². The molecule has 2 atom stereocenters. The molecule has 0 amide bonds. The Balaban J connectivity index is 2.19. The molecular formula is C16H20F3N3O. The molecular weight excluding hydrogens is 307 g/mol. The van der Waals surface area contributed by atoms with E-state index in [9.17, 15) is 23.5 Å². The number of piperazine rings is 1. The molecule has 0 spiro atoms. The van der Waals surface area contributed by atoms with E-state index in [1.165, 1.54) is 6.07 Å². The minimum Gasteiger partial charge on any atom is -0.392 e. The third kappa shape index (κ3) is 4.15. The highest BCUT2D eigenvalue weighted by atomic mass is 19.4. The second kappa shape index (κ2) is 6.77. The fourth-order valence-corrected chi connectivity index (χ4v) is 2.90. The fraction of sp³-hybridized carbons (Fsp3) is 0.562. The lowest BCUT2D eigenvalue weighted by Crippen LogP contribution is -2.53. The second-order valence-corrected chi connectivity index (χ2v) is 5.98. The van der Waals surface area contributed by atoms with Crippen molar-refractivity contribution in [2.45, 2.75) is 32.2 Å². The topological polar surface area (TPSA) is 50.5 Å². The zero-order valence-corrected chi connectivity index (χ0v) is 13.1. The fourth-order valence-electron chi connectivity index (χ4n) is 2.90. The third-order valence-electron chi connectivity index (χ3n) is 4.05. The van der Waals surface area contributed by atoms with E-state index < -0.39 is 17.8 Å². The van der Waals surface area contributed by atoms with Crippen LogP contribution in [0, 0.1) is 11.3 Å². The Morgan fingerprint density at radius 2 is 2.09 bits per heavy atom. The van der Waals surface area contributed by atoms with Crippen LogP contribution in [0.3, 0.4) is 0 Å². The maximum atomic E-state index is 12.8. The first-order valence-corrected chi connectivity index (χ1v) is 7.50. The first-order chi connectivity index (χ1) is 10.7. The largest absolute Gasteiger partial charge is 0.416 e.